The Balaban J connectivity index is 1.75. The topological polar surface area (TPSA) is 95.9 Å². The molecule has 0 unspecified atom stereocenters. The third-order valence-corrected chi connectivity index (χ3v) is 6.50. The summed E-state index contributed by atoms with van der Waals surface area (Å²) < 4.78 is 5.65. The summed E-state index contributed by atoms with van der Waals surface area (Å²) in [6.45, 7) is 7.47. The predicted molar refractivity (Wildman–Crippen MR) is 131 cm³/mol. The SMILES string of the molecule is CCC(CC)(NC(=O)OCC1c2ccccc2-c2ccccc21)C(=O)N(CC(=O)O)CC(C)C. The van der Waals surface area contributed by atoms with Crippen LogP contribution in [0, 0.1) is 5.92 Å². The molecule has 0 aromatic heterocycles. The monoisotopic (exact) mass is 466 g/mol. The fraction of sp³-hybridized carbons (Fsp3) is 0.444. The zero-order valence-corrected chi connectivity index (χ0v) is 20.3. The molecule has 0 bridgehead atoms. The van der Waals surface area contributed by atoms with Crippen molar-refractivity contribution in [3.63, 3.8) is 0 Å². The predicted octanol–water partition coefficient (Wildman–Crippen LogP) is 4.65. The number of alkyl carbamates (subject to hydrolysis) is 1. The largest absolute Gasteiger partial charge is 0.480 e. The van der Waals surface area contributed by atoms with E-state index in [0.29, 0.717) is 19.4 Å². The Morgan fingerprint density at radius 2 is 1.53 bits per heavy atom. The molecule has 0 heterocycles. The van der Waals surface area contributed by atoms with E-state index in [4.69, 9.17) is 4.74 Å². The maximum absolute atomic E-state index is 13.4. The van der Waals surface area contributed by atoms with Gasteiger partial charge in [-0.1, -0.05) is 76.2 Å². The van der Waals surface area contributed by atoms with Crippen molar-refractivity contribution in [3.8, 4) is 11.1 Å². The van der Waals surface area contributed by atoms with E-state index >= 15 is 0 Å². The minimum Gasteiger partial charge on any atom is -0.480 e. The smallest absolute Gasteiger partial charge is 0.408 e. The lowest BCUT2D eigenvalue weighted by atomic mass is 9.90. The van der Waals surface area contributed by atoms with Gasteiger partial charge in [0.05, 0.1) is 0 Å². The number of amides is 2. The molecule has 1 aliphatic rings. The van der Waals surface area contributed by atoms with Crippen molar-refractivity contribution < 1.29 is 24.2 Å². The summed E-state index contributed by atoms with van der Waals surface area (Å²) in [4.78, 5) is 39.0. The summed E-state index contributed by atoms with van der Waals surface area (Å²) in [7, 11) is 0. The van der Waals surface area contributed by atoms with Gasteiger partial charge >= 0.3 is 12.1 Å². The van der Waals surface area contributed by atoms with Crippen LogP contribution in [0.4, 0.5) is 4.79 Å². The van der Waals surface area contributed by atoms with E-state index in [1.165, 1.54) is 4.90 Å². The van der Waals surface area contributed by atoms with Gasteiger partial charge in [-0.05, 0) is 41.0 Å². The number of carbonyl (C=O) groups excluding carboxylic acids is 2. The number of fused-ring (bicyclic) bond motifs is 3. The van der Waals surface area contributed by atoms with E-state index in [1.54, 1.807) is 13.8 Å². The van der Waals surface area contributed by atoms with Crippen LogP contribution in [0.1, 0.15) is 57.6 Å². The summed E-state index contributed by atoms with van der Waals surface area (Å²) in [5.74, 6) is -1.49. The Kier molecular flexibility index (Phi) is 7.97. The average molecular weight is 467 g/mol. The third-order valence-electron chi connectivity index (χ3n) is 6.50. The van der Waals surface area contributed by atoms with Crippen LogP contribution < -0.4 is 5.32 Å². The Hall–Kier alpha value is -3.35. The number of nitrogens with one attached hydrogen (secondary N) is 1. The Bertz CT molecular complexity index is 999. The van der Waals surface area contributed by atoms with Crippen LogP contribution in [0.5, 0.6) is 0 Å². The maximum Gasteiger partial charge on any atom is 0.408 e. The van der Waals surface area contributed by atoms with Gasteiger partial charge < -0.3 is 20.1 Å². The second kappa shape index (κ2) is 10.7. The first-order chi connectivity index (χ1) is 16.2. The lowest BCUT2D eigenvalue weighted by molar-refractivity contribution is -0.148. The van der Waals surface area contributed by atoms with Crippen molar-refractivity contribution in [3.05, 3.63) is 59.7 Å². The van der Waals surface area contributed by atoms with Crippen molar-refractivity contribution >= 4 is 18.0 Å². The van der Waals surface area contributed by atoms with Crippen LogP contribution in [0.15, 0.2) is 48.5 Å². The fourth-order valence-corrected chi connectivity index (χ4v) is 4.74. The molecule has 34 heavy (non-hydrogen) atoms. The van der Waals surface area contributed by atoms with Crippen molar-refractivity contribution in [2.75, 3.05) is 19.7 Å². The number of benzene rings is 2. The normalized spacial score (nSPS) is 12.7. The highest BCUT2D eigenvalue weighted by Gasteiger charge is 2.41. The zero-order chi connectivity index (χ0) is 24.9. The molecule has 0 atom stereocenters. The van der Waals surface area contributed by atoms with Gasteiger partial charge in [0.1, 0.15) is 18.7 Å². The van der Waals surface area contributed by atoms with E-state index in [9.17, 15) is 19.5 Å². The standard InChI is InChI=1S/C27H34N2O5/c1-5-27(6-2,25(32)29(15-18(3)4)16-24(30)31)28-26(33)34-17-23-21-13-9-7-11-19(21)20-12-8-10-14-22(20)23/h7-14,18,23H,5-6,15-17H2,1-4H3,(H,28,33)(H,30,31). The van der Waals surface area contributed by atoms with Crippen LogP contribution in [0.2, 0.25) is 0 Å². The van der Waals surface area contributed by atoms with Gasteiger partial charge in [-0.25, -0.2) is 4.79 Å². The number of nitrogens with zero attached hydrogens (tertiary/aromatic N) is 1. The number of carbonyl (C=O) groups is 3. The van der Waals surface area contributed by atoms with E-state index < -0.39 is 30.1 Å². The Morgan fingerprint density at radius 3 is 2.00 bits per heavy atom. The number of hydrogen-bond donors (Lipinski definition) is 2. The summed E-state index contributed by atoms with van der Waals surface area (Å²) >= 11 is 0. The lowest BCUT2D eigenvalue weighted by Crippen LogP contribution is -2.60. The first-order valence-electron chi connectivity index (χ1n) is 11.9. The first-order valence-corrected chi connectivity index (χ1v) is 11.9. The van der Waals surface area contributed by atoms with Gasteiger partial charge in [-0.2, -0.15) is 0 Å². The van der Waals surface area contributed by atoms with Crippen LogP contribution >= 0.6 is 0 Å². The molecule has 0 radical (unpaired) electrons. The second-order valence-electron chi connectivity index (χ2n) is 9.21. The Morgan fingerprint density at radius 1 is 1.00 bits per heavy atom. The summed E-state index contributed by atoms with van der Waals surface area (Å²) in [5, 5.41) is 12.1. The lowest BCUT2D eigenvalue weighted by Gasteiger charge is -2.36. The zero-order valence-electron chi connectivity index (χ0n) is 20.3. The molecule has 1 aliphatic carbocycles. The van der Waals surface area contributed by atoms with Gasteiger partial charge in [0.15, 0.2) is 0 Å². The van der Waals surface area contributed by atoms with Gasteiger partial charge in [0.2, 0.25) is 5.91 Å². The second-order valence-corrected chi connectivity index (χ2v) is 9.21. The van der Waals surface area contributed by atoms with Crippen LogP contribution in [-0.4, -0.2) is 53.2 Å². The van der Waals surface area contributed by atoms with Crippen LogP contribution in [0.3, 0.4) is 0 Å². The minimum atomic E-state index is -1.23. The van der Waals surface area contributed by atoms with Gasteiger partial charge in [-0.3, -0.25) is 9.59 Å². The Labute approximate surface area is 201 Å². The molecule has 0 fully saturated rings. The summed E-state index contributed by atoms with van der Waals surface area (Å²) in [6.07, 6.45) is -0.0414. The number of carboxylic acid groups (broad SMARTS) is 1. The van der Waals surface area contributed by atoms with E-state index in [1.807, 2.05) is 50.2 Å². The molecule has 7 heteroatoms. The summed E-state index contributed by atoms with van der Waals surface area (Å²) in [6, 6.07) is 16.2. The molecular weight excluding hydrogens is 432 g/mol. The highest BCUT2D eigenvalue weighted by atomic mass is 16.5. The van der Waals surface area contributed by atoms with Crippen LogP contribution in [-0.2, 0) is 14.3 Å². The molecule has 2 N–H and O–H groups in total. The molecule has 2 aromatic carbocycles. The molecule has 3 rings (SSSR count). The molecule has 182 valence electrons. The molecule has 0 saturated carbocycles. The summed E-state index contributed by atoms with van der Waals surface area (Å²) in [5.41, 5.74) is 3.25. The van der Waals surface area contributed by atoms with E-state index in [0.717, 1.165) is 22.3 Å². The number of hydrogen-bond acceptors (Lipinski definition) is 4. The highest BCUT2D eigenvalue weighted by Crippen LogP contribution is 2.44. The average Bonchev–Trinajstić information content (AvgIpc) is 3.13. The third kappa shape index (κ3) is 5.24. The number of carboxylic acids is 1. The quantitative estimate of drug-likeness (QED) is 0.531. The van der Waals surface area contributed by atoms with E-state index in [-0.39, 0.29) is 18.4 Å². The molecular formula is C27H34N2O5. The van der Waals surface area contributed by atoms with Gasteiger partial charge in [0.25, 0.3) is 0 Å². The van der Waals surface area contributed by atoms with Crippen molar-refractivity contribution in [1.29, 1.82) is 0 Å². The fourth-order valence-electron chi connectivity index (χ4n) is 4.74. The number of aliphatic carboxylic acids is 1. The minimum absolute atomic E-state index is 0.0871. The van der Waals surface area contributed by atoms with Crippen molar-refractivity contribution in [2.24, 2.45) is 5.92 Å². The first kappa shape index (κ1) is 25.3. The molecule has 2 aromatic rings. The molecule has 0 spiro atoms. The van der Waals surface area contributed by atoms with Crippen LogP contribution in [0.25, 0.3) is 11.1 Å². The number of rotatable bonds is 10. The van der Waals surface area contributed by atoms with Gasteiger partial charge in [-0.15, -0.1) is 0 Å². The molecule has 7 nitrogen and oxygen atoms in total. The van der Waals surface area contributed by atoms with E-state index in [2.05, 4.69) is 17.4 Å². The molecule has 0 aliphatic heterocycles. The van der Waals surface area contributed by atoms with Crippen molar-refractivity contribution in [2.45, 2.75) is 52.0 Å². The molecule has 0 saturated heterocycles. The molecule has 2 amide bonds. The number of ether oxygens (including phenoxy) is 1. The maximum atomic E-state index is 13.4. The van der Waals surface area contributed by atoms with Gasteiger partial charge in [0, 0.05) is 12.5 Å². The van der Waals surface area contributed by atoms with Crippen molar-refractivity contribution in [1.82, 2.24) is 10.2 Å². The highest BCUT2D eigenvalue weighted by molar-refractivity contribution is 5.92.